The van der Waals surface area contributed by atoms with Crippen molar-refractivity contribution >= 4 is 11.6 Å². The molecule has 0 atom stereocenters. The summed E-state index contributed by atoms with van der Waals surface area (Å²) >= 11 is 6.13. The van der Waals surface area contributed by atoms with Crippen molar-refractivity contribution in [2.24, 2.45) is 0 Å². The zero-order valence-corrected chi connectivity index (χ0v) is 15.4. The maximum absolute atomic E-state index is 9.92. The van der Waals surface area contributed by atoms with E-state index in [1.54, 1.807) is 0 Å². The summed E-state index contributed by atoms with van der Waals surface area (Å²) < 4.78 is 11.0. The van der Waals surface area contributed by atoms with E-state index in [1.165, 1.54) is 25.5 Å². The molecule has 1 saturated carbocycles. The molecule has 2 aromatic carbocycles. The number of benzene rings is 2. The van der Waals surface area contributed by atoms with Crippen LogP contribution in [-0.2, 0) is 13.1 Å². The molecule has 25 heavy (non-hydrogen) atoms. The smallest absolute Gasteiger partial charge is 0.176 e. The number of phenolic OH excluding ortho intramolecular Hbond substituents is 1. The van der Waals surface area contributed by atoms with Gasteiger partial charge in [0.2, 0.25) is 0 Å². The molecule has 0 aliphatic heterocycles. The normalized spacial score (nSPS) is 13.9. The fourth-order valence-electron chi connectivity index (χ4n) is 3.01. The van der Waals surface area contributed by atoms with E-state index in [0.717, 1.165) is 24.4 Å². The van der Waals surface area contributed by atoms with Crippen LogP contribution in [0.3, 0.4) is 0 Å². The molecule has 4 nitrogen and oxygen atoms in total. The van der Waals surface area contributed by atoms with Crippen LogP contribution in [0.5, 0.6) is 17.2 Å². The van der Waals surface area contributed by atoms with Crippen LogP contribution in [0.1, 0.15) is 30.9 Å². The van der Waals surface area contributed by atoms with Crippen LogP contribution in [-0.4, -0.2) is 29.8 Å². The molecule has 0 saturated heterocycles. The Bertz CT molecular complexity index is 731. The molecule has 0 amide bonds. The van der Waals surface area contributed by atoms with Gasteiger partial charge in [-0.05, 0) is 43.5 Å². The fraction of sp³-hybridized carbons (Fsp3) is 0.400. The van der Waals surface area contributed by atoms with Crippen LogP contribution in [0.25, 0.3) is 0 Å². The first-order valence-electron chi connectivity index (χ1n) is 8.62. The van der Waals surface area contributed by atoms with Gasteiger partial charge in [0.1, 0.15) is 5.75 Å². The summed E-state index contributed by atoms with van der Waals surface area (Å²) in [7, 11) is 1.53. The van der Waals surface area contributed by atoms with Crippen molar-refractivity contribution in [2.75, 3.05) is 13.7 Å². The third-order valence-electron chi connectivity index (χ3n) is 4.40. The lowest BCUT2D eigenvalue weighted by Crippen LogP contribution is -2.25. The first-order chi connectivity index (χ1) is 12.1. The molecule has 134 valence electrons. The number of para-hydroxylation sites is 1. The van der Waals surface area contributed by atoms with Crippen LogP contribution in [0.2, 0.25) is 5.02 Å². The molecule has 0 heterocycles. The van der Waals surface area contributed by atoms with E-state index < -0.39 is 0 Å². The van der Waals surface area contributed by atoms with Gasteiger partial charge in [-0.2, -0.15) is 0 Å². The van der Waals surface area contributed by atoms with Gasteiger partial charge in [0.25, 0.3) is 0 Å². The van der Waals surface area contributed by atoms with Gasteiger partial charge in [0.05, 0.1) is 18.7 Å². The number of hydrogen-bond acceptors (Lipinski definition) is 4. The molecular weight excluding hydrogens is 338 g/mol. The Morgan fingerprint density at radius 3 is 2.60 bits per heavy atom. The van der Waals surface area contributed by atoms with E-state index in [2.05, 4.69) is 11.0 Å². The van der Waals surface area contributed by atoms with Crippen molar-refractivity contribution in [3.63, 3.8) is 0 Å². The van der Waals surface area contributed by atoms with Gasteiger partial charge in [-0.15, -0.1) is 0 Å². The van der Waals surface area contributed by atoms with Crippen LogP contribution >= 0.6 is 11.6 Å². The summed E-state index contributed by atoms with van der Waals surface area (Å²) in [5.41, 5.74) is 2.22. The predicted octanol–water partition coefficient (Wildman–Crippen LogP) is 4.62. The molecule has 1 fully saturated rings. The molecule has 3 rings (SSSR count). The molecule has 2 aromatic rings. The topological polar surface area (TPSA) is 41.9 Å². The molecular formula is C20H24ClNO3. The van der Waals surface area contributed by atoms with Crippen LogP contribution < -0.4 is 9.47 Å². The molecule has 0 spiro atoms. The predicted molar refractivity (Wildman–Crippen MR) is 99.5 cm³/mol. The van der Waals surface area contributed by atoms with Crippen molar-refractivity contribution in [1.29, 1.82) is 0 Å². The lowest BCUT2D eigenvalue weighted by Gasteiger charge is -2.24. The SMILES string of the molecule is CCOc1ccccc1CN(Cc1cc(Cl)c(O)c(OC)c1)C1CC1. The minimum atomic E-state index is -0.00687. The summed E-state index contributed by atoms with van der Waals surface area (Å²) in [6.45, 7) is 4.23. The summed E-state index contributed by atoms with van der Waals surface area (Å²) in [6.07, 6.45) is 2.42. The van der Waals surface area contributed by atoms with E-state index in [0.29, 0.717) is 23.4 Å². The van der Waals surface area contributed by atoms with E-state index in [-0.39, 0.29) is 5.75 Å². The molecule has 1 aliphatic carbocycles. The van der Waals surface area contributed by atoms with Gasteiger partial charge in [-0.25, -0.2) is 0 Å². The molecule has 5 heteroatoms. The number of rotatable bonds is 8. The number of aromatic hydroxyl groups is 1. The van der Waals surface area contributed by atoms with Crippen LogP contribution in [0.15, 0.2) is 36.4 Å². The minimum absolute atomic E-state index is 0.00687. The van der Waals surface area contributed by atoms with E-state index in [4.69, 9.17) is 21.1 Å². The van der Waals surface area contributed by atoms with Gasteiger partial charge < -0.3 is 14.6 Å². The Labute approximate surface area is 153 Å². The average molecular weight is 362 g/mol. The van der Waals surface area contributed by atoms with E-state index in [1.807, 2.05) is 37.3 Å². The molecule has 0 radical (unpaired) electrons. The van der Waals surface area contributed by atoms with Crippen molar-refractivity contribution in [3.8, 4) is 17.2 Å². The van der Waals surface area contributed by atoms with Crippen molar-refractivity contribution in [3.05, 3.63) is 52.5 Å². The standard InChI is InChI=1S/C20H24ClNO3/c1-3-25-18-7-5-4-6-15(18)13-22(16-8-9-16)12-14-10-17(21)20(23)19(11-14)24-2/h4-7,10-11,16,23H,3,8-9,12-13H2,1-2H3. The van der Waals surface area contributed by atoms with Crippen molar-refractivity contribution < 1.29 is 14.6 Å². The lowest BCUT2D eigenvalue weighted by molar-refractivity contribution is 0.238. The summed E-state index contributed by atoms with van der Waals surface area (Å²) in [4.78, 5) is 2.43. The quantitative estimate of drug-likeness (QED) is 0.745. The van der Waals surface area contributed by atoms with Crippen molar-refractivity contribution in [1.82, 2.24) is 4.90 Å². The second-order valence-corrected chi connectivity index (χ2v) is 6.71. The number of halogens is 1. The zero-order chi connectivity index (χ0) is 17.8. The maximum Gasteiger partial charge on any atom is 0.176 e. The van der Waals surface area contributed by atoms with Gasteiger partial charge in [-0.3, -0.25) is 4.90 Å². The third-order valence-corrected chi connectivity index (χ3v) is 4.69. The number of methoxy groups -OCH3 is 1. The van der Waals surface area contributed by atoms with Crippen molar-refractivity contribution in [2.45, 2.75) is 38.9 Å². The fourth-order valence-corrected chi connectivity index (χ4v) is 3.25. The third kappa shape index (κ3) is 4.39. The average Bonchev–Trinajstić information content (AvgIpc) is 3.44. The van der Waals surface area contributed by atoms with Crippen LogP contribution in [0, 0.1) is 0 Å². The summed E-state index contributed by atoms with van der Waals surface area (Å²) in [5, 5.41) is 10.2. The van der Waals surface area contributed by atoms with E-state index >= 15 is 0 Å². The molecule has 0 aromatic heterocycles. The highest BCUT2D eigenvalue weighted by molar-refractivity contribution is 6.32. The summed E-state index contributed by atoms with van der Waals surface area (Å²) in [6, 6.07) is 12.4. The Balaban J connectivity index is 1.80. The molecule has 0 bridgehead atoms. The zero-order valence-electron chi connectivity index (χ0n) is 14.7. The number of hydrogen-bond donors (Lipinski definition) is 1. The number of nitrogens with zero attached hydrogens (tertiary/aromatic N) is 1. The second-order valence-electron chi connectivity index (χ2n) is 6.31. The first-order valence-corrected chi connectivity index (χ1v) is 9.00. The Morgan fingerprint density at radius 2 is 1.92 bits per heavy atom. The maximum atomic E-state index is 9.92. The first kappa shape index (κ1) is 17.9. The van der Waals surface area contributed by atoms with Crippen LogP contribution in [0.4, 0.5) is 0 Å². The van der Waals surface area contributed by atoms with Gasteiger partial charge >= 0.3 is 0 Å². The van der Waals surface area contributed by atoms with Gasteiger partial charge in [0.15, 0.2) is 11.5 Å². The van der Waals surface area contributed by atoms with E-state index in [9.17, 15) is 5.11 Å². The number of ether oxygens (including phenoxy) is 2. The monoisotopic (exact) mass is 361 g/mol. The minimum Gasteiger partial charge on any atom is -0.503 e. The summed E-state index contributed by atoms with van der Waals surface area (Å²) in [5.74, 6) is 1.34. The highest BCUT2D eigenvalue weighted by atomic mass is 35.5. The molecule has 0 unspecified atom stereocenters. The Morgan fingerprint density at radius 1 is 1.16 bits per heavy atom. The molecule has 1 N–H and O–H groups in total. The molecule has 1 aliphatic rings. The lowest BCUT2D eigenvalue weighted by atomic mass is 10.1. The highest BCUT2D eigenvalue weighted by Crippen LogP contribution is 2.37. The van der Waals surface area contributed by atoms with Gasteiger partial charge in [0, 0.05) is 24.7 Å². The number of phenols is 1. The largest absolute Gasteiger partial charge is 0.503 e. The second kappa shape index (κ2) is 7.98. The highest BCUT2D eigenvalue weighted by Gasteiger charge is 2.30. The van der Waals surface area contributed by atoms with Gasteiger partial charge in [-0.1, -0.05) is 29.8 Å². The Kier molecular flexibility index (Phi) is 5.71. The Hall–Kier alpha value is -1.91.